The Morgan fingerprint density at radius 1 is 1.50 bits per heavy atom. The fraction of sp³-hybridized carbons (Fsp3) is 0.583. The second-order valence-electron chi connectivity index (χ2n) is 5.18. The van der Waals surface area contributed by atoms with Gasteiger partial charge in [0.15, 0.2) is 0 Å². The van der Waals surface area contributed by atoms with Gasteiger partial charge in [-0.1, -0.05) is 25.4 Å². The monoisotopic (exact) mass is 296 g/mol. The zero-order valence-corrected chi connectivity index (χ0v) is 12.0. The summed E-state index contributed by atoms with van der Waals surface area (Å²) < 4.78 is 28.5. The fourth-order valence-corrected chi connectivity index (χ4v) is 2.97. The van der Waals surface area contributed by atoms with Gasteiger partial charge in [0.25, 0.3) is 5.92 Å². The maximum absolute atomic E-state index is 14.1. The number of alkyl halides is 2. The quantitative estimate of drug-likeness (QED) is 0.855. The Morgan fingerprint density at radius 3 is 2.44 bits per heavy atom. The molecule has 6 heteroatoms. The lowest BCUT2D eigenvalue weighted by Gasteiger charge is -2.27. The second kappa shape index (κ2) is 5.13. The molecule has 0 aromatic carbocycles. The number of carboxylic acid groups (broad SMARTS) is 1. The van der Waals surface area contributed by atoms with Crippen LogP contribution in [0.2, 0.25) is 4.34 Å². The van der Waals surface area contributed by atoms with E-state index in [0.717, 1.165) is 11.3 Å². The Bertz CT molecular complexity index is 435. The van der Waals surface area contributed by atoms with Crippen molar-refractivity contribution in [1.29, 1.82) is 0 Å². The van der Waals surface area contributed by atoms with Crippen molar-refractivity contribution in [1.82, 2.24) is 0 Å². The minimum absolute atomic E-state index is 0.108. The predicted molar refractivity (Wildman–Crippen MR) is 68.6 cm³/mol. The number of thiophene rings is 1. The van der Waals surface area contributed by atoms with E-state index in [-0.39, 0.29) is 11.3 Å². The molecule has 2 nitrogen and oxygen atoms in total. The Labute approximate surface area is 114 Å². The first-order valence-corrected chi connectivity index (χ1v) is 6.59. The van der Waals surface area contributed by atoms with E-state index < -0.39 is 23.7 Å². The molecular weight excluding hydrogens is 282 g/mol. The van der Waals surface area contributed by atoms with Gasteiger partial charge < -0.3 is 5.11 Å². The normalized spacial score (nSPS) is 12.8. The van der Waals surface area contributed by atoms with Crippen LogP contribution in [0.3, 0.4) is 0 Å². The Balaban J connectivity index is 2.90. The van der Waals surface area contributed by atoms with Crippen LogP contribution in [0.15, 0.2) is 6.07 Å². The van der Waals surface area contributed by atoms with E-state index in [1.165, 1.54) is 19.9 Å². The molecule has 0 aliphatic heterocycles. The lowest BCUT2D eigenvalue weighted by Crippen LogP contribution is -2.26. The molecule has 0 bridgehead atoms. The minimum atomic E-state index is -3.05. The van der Waals surface area contributed by atoms with Gasteiger partial charge in [-0.25, -0.2) is 8.78 Å². The lowest BCUT2D eigenvalue weighted by atomic mass is 9.82. The van der Waals surface area contributed by atoms with E-state index in [0.29, 0.717) is 9.90 Å². The van der Waals surface area contributed by atoms with Gasteiger partial charge in [-0.15, -0.1) is 11.3 Å². The molecule has 0 amide bonds. The summed E-state index contributed by atoms with van der Waals surface area (Å²) in [5.41, 5.74) is -0.355. The molecule has 0 spiro atoms. The van der Waals surface area contributed by atoms with Gasteiger partial charge in [-0.3, -0.25) is 4.79 Å². The van der Waals surface area contributed by atoms with Crippen LogP contribution >= 0.6 is 22.9 Å². The third-order valence-corrected chi connectivity index (χ3v) is 4.22. The first-order chi connectivity index (χ1) is 8.03. The largest absolute Gasteiger partial charge is 0.481 e. The summed E-state index contributed by atoms with van der Waals surface area (Å²) in [4.78, 5) is 10.5. The van der Waals surface area contributed by atoms with Gasteiger partial charge >= 0.3 is 5.97 Å². The topological polar surface area (TPSA) is 37.3 Å². The second-order valence-corrected chi connectivity index (χ2v) is 6.84. The van der Waals surface area contributed by atoms with Crippen molar-refractivity contribution in [2.24, 2.45) is 5.41 Å². The minimum Gasteiger partial charge on any atom is -0.481 e. The van der Waals surface area contributed by atoms with Crippen molar-refractivity contribution in [3.8, 4) is 0 Å². The van der Waals surface area contributed by atoms with Gasteiger partial charge in [0.2, 0.25) is 0 Å². The van der Waals surface area contributed by atoms with Crippen LogP contribution in [0.5, 0.6) is 0 Å². The first kappa shape index (κ1) is 15.4. The molecule has 102 valence electrons. The summed E-state index contributed by atoms with van der Waals surface area (Å²) in [6, 6.07) is 1.36. The van der Waals surface area contributed by atoms with Crippen LogP contribution in [0.1, 0.15) is 37.1 Å². The van der Waals surface area contributed by atoms with E-state index in [9.17, 15) is 13.6 Å². The average molecular weight is 297 g/mol. The first-order valence-electron chi connectivity index (χ1n) is 5.39. The Kier molecular flexibility index (Phi) is 4.38. The van der Waals surface area contributed by atoms with Crippen molar-refractivity contribution >= 4 is 28.9 Å². The van der Waals surface area contributed by atoms with E-state index in [1.54, 1.807) is 6.92 Å². The summed E-state index contributed by atoms with van der Waals surface area (Å²) in [5.74, 6) is -4.13. The highest BCUT2D eigenvalue weighted by atomic mass is 35.5. The van der Waals surface area contributed by atoms with Gasteiger partial charge in [-0.05, 0) is 24.0 Å². The SMILES string of the molecule is Cc1cc(C(F)(F)CC(C)(C)CC(=O)O)sc1Cl. The standard InChI is InChI=1S/C12H15ClF2O2S/c1-7-4-8(18-10(7)13)12(14,15)6-11(2,3)5-9(16)17/h4H,5-6H2,1-3H3,(H,16,17). The number of hydrogen-bond donors (Lipinski definition) is 1. The maximum atomic E-state index is 14.1. The molecule has 0 atom stereocenters. The van der Waals surface area contributed by atoms with Crippen LogP contribution in [0.25, 0.3) is 0 Å². The highest BCUT2D eigenvalue weighted by molar-refractivity contribution is 7.16. The van der Waals surface area contributed by atoms with Gasteiger partial charge in [0, 0.05) is 6.42 Å². The third-order valence-electron chi connectivity index (χ3n) is 2.55. The van der Waals surface area contributed by atoms with Crippen molar-refractivity contribution < 1.29 is 18.7 Å². The molecule has 0 saturated heterocycles. The number of aliphatic carboxylic acids is 1. The molecule has 0 aliphatic carbocycles. The summed E-state index contributed by atoms with van der Waals surface area (Å²) in [6.45, 7) is 4.72. The zero-order chi connectivity index (χ0) is 14.1. The number of rotatable bonds is 5. The number of carbonyl (C=O) groups is 1. The molecule has 1 aromatic heterocycles. The molecule has 0 unspecified atom stereocenters. The van der Waals surface area contributed by atoms with E-state index in [2.05, 4.69) is 0 Å². The van der Waals surface area contributed by atoms with Crippen molar-refractivity contribution in [2.45, 2.75) is 39.5 Å². The van der Waals surface area contributed by atoms with Gasteiger partial charge in [0.1, 0.15) is 0 Å². The Hall–Kier alpha value is -0.680. The third kappa shape index (κ3) is 3.92. The summed E-state index contributed by atoms with van der Waals surface area (Å²) >= 11 is 6.63. The number of hydrogen-bond acceptors (Lipinski definition) is 2. The van der Waals surface area contributed by atoms with Crippen LogP contribution < -0.4 is 0 Å². The molecule has 0 radical (unpaired) electrons. The molecule has 1 aromatic rings. The maximum Gasteiger partial charge on any atom is 0.303 e. The molecule has 0 saturated carbocycles. The molecule has 0 aliphatic rings. The van der Waals surface area contributed by atoms with Crippen molar-refractivity contribution in [3.05, 3.63) is 20.8 Å². The lowest BCUT2D eigenvalue weighted by molar-refractivity contribution is -0.140. The molecule has 18 heavy (non-hydrogen) atoms. The summed E-state index contributed by atoms with van der Waals surface area (Å²) in [5, 5.41) is 8.70. The van der Waals surface area contributed by atoms with Crippen LogP contribution in [-0.4, -0.2) is 11.1 Å². The number of aryl methyl sites for hydroxylation is 1. The van der Waals surface area contributed by atoms with E-state index in [1.807, 2.05) is 0 Å². The molecule has 1 heterocycles. The fourth-order valence-electron chi connectivity index (χ4n) is 1.80. The van der Waals surface area contributed by atoms with Crippen LogP contribution in [-0.2, 0) is 10.7 Å². The average Bonchev–Trinajstić information content (AvgIpc) is 2.42. The van der Waals surface area contributed by atoms with E-state index >= 15 is 0 Å². The van der Waals surface area contributed by atoms with Crippen LogP contribution in [0, 0.1) is 12.3 Å². The summed E-state index contributed by atoms with van der Waals surface area (Å²) in [6.07, 6.45) is -0.802. The van der Waals surface area contributed by atoms with Crippen molar-refractivity contribution in [2.75, 3.05) is 0 Å². The summed E-state index contributed by atoms with van der Waals surface area (Å²) in [7, 11) is 0. The number of halogens is 3. The van der Waals surface area contributed by atoms with Gasteiger partial charge in [-0.2, -0.15) is 0 Å². The van der Waals surface area contributed by atoms with E-state index in [4.69, 9.17) is 16.7 Å². The Morgan fingerprint density at radius 2 is 2.06 bits per heavy atom. The van der Waals surface area contributed by atoms with Crippen LogP contribution in [0.4, 0.5) is 8.78 Å². The smallest absolute Gasteiger partial charge is 0.303 e. The molecule has 1 N–H and O–H groups in total. The number of carboxylic acids is 1. The van der Waals surface area contributed by atoms with Crippen molar-refractivity contribution in [3.63, 3.8) is 0 Å². The zero-order valence-electron chi connectivity index (χ0n) is 10.4. The van der Waals surface area contributed by atoms with Gasteiger partial charge in [0.05, 0.1) is 15.6 Å². The molecule has 1 rings (SSSR count). The molecule has 0 fully saturated rings. The predicted octanol–water partition coefficient (Wildman–Crippen LogP) is 4.69. The highest BCUT2D eigenvalue weighted by Gasteiger charge is 2.40. The molecular formula is C12H15ClF2O2S. The highest BCUT2D eigenvalue weighted by Crippen LogP contribution is 2.45.